The van der Waals surface area contributed by atoms with Crippen molar-refractivity contribution in [2.24, 2.45) is 0 Å². The SMILES string of the molecule is Fc1c2c(cc3c1OCO3)NCCC2. The molecule has 0 unspecified atom stereocenters. The summed E-state index contributed by atoms with van der Waals surface area (Å²) >= 11 is 0. The summed E-state index contributed by atoms with van der Waals surface area (Å²) in [6, 6.07) is 1.82. The van der Waals surface area contributed by atoms with Crippen molar-refractivity contribution < 1.29 is 13.9 Å². The summed E-state index contributed by atoms with van der Waals surface area (Å²) in [4.78, 5) is 0. The fraction of sp³-hybridized carbons (Fsp3) is 0.400. The van der Waals surface area contributed by atoms with Gasteiger partial charge in [0.2, 0.25) is 12.5 Å². The van der Waals surface area contributed by atoms with Crippen LogP contribution in [0.3, 0.4) is 0 Å². The maximum absolute atomic E-state index is 13.8. The smallest absolute Gasteiger partial charge is 0.231 e. The first kappa shape index (κ1) is 7.91. The lowest BCUT2D eigenvalue weighted by atomic mass is 10.0. The van der Waals surface area contributed by atoms with E-state index in [0.717, 1.165) is 30.6 Å². The molecule has 3 nitrogen and oxygen atoms in total. The molecule has 14 heavy (non-hydrogen) atoms. The van der Waals surface area contributed by atoms with Crippen molar-refractivity contribution in [2.45, 2.75) is 12.8 Å². The second kappa shape index (κ2) is 2.77. The first-order valence-corrected chi connectivity index (χ1v) is 4.71. The highest BCUT2D eigenvalue weighted by Crippen LogP contribution is 2.41. The third kappa shape index (κ3) is 0.967. The molecule has 2 aliphatic heterocycles. The summed E-state index contributed by atoms with van der Waals surface area (Å²) in [5.41, 5.74) is 1.57. The summed E-state index contributed by atoms with van der Waals surface area (Å²) < 4.78 is 24.0. The Bertz CT molecular complexity index is 392. The van der Waals surface area contributed by atoms with Crippen LogP contribution in [0.25, 0.3) is 0 Å². The average molecular weight is 195 g/mol. The number of benzene rings is 1. The van der Waals surface area contributed by atoms with E-state index in [1.54, 1.807) is 0 Å². The summed E-state index contributed by atoms with van der Waals surface area (Å²) in [7, 11) is 0. The molecular weight excluding hydrogens is 185 g/mol. The lowest BCUT2D eigenvalue weighted by molar-refractivity contribution is 0.171. The molecule has 3 rings (SSSR count). The van der Waals surface area contributed by atoms with Crippen LogP contribution in [0.5, 0.6) is 11.5 Å². The van der Waals surface area contributed by atoms with Crippen molar-refractivity contribution in [3.8, 4) is 11.5 Å². The fourth-order valence-corrected chi connectivity index (χ4v) is 1.93. The van der Waals surface area contributed by atoms with Crippen molar-refractivity contribution in [1.82, 2.24) is 0 Å². The van der Waals surface area contributed by atoms with Gasteiger partial charge in [-0.15, -0.1) is 0 Å². The molecule has 74 valence electrons. The Kier molecular flexibility index (Phi) is 1.56. The summed E-state index contributed by atoms with van der Waals surface area (Å²) in [5, 5.41) is 3.16. The highest BCUT2D eigenvalue weighted by molar-refractivity contribution is 5.63. The normalized spacial score (nSPS) is 17.5. The molecule has 1 N–H and O–H groups in total. The van der Waals surface area contributed by atoms with Crippen molar-refractivity contribution in [2.75, 3.05) is 18.7 Å². The number of hydrogen-bond acceptors (Lipinski definition) is 3. The Morgan fingerprint density at radius 3 is 3.21 bits per heavy atom. The monoisotopic (exact) mass is 195 g/mol. The molecule has 2 heterocycles. The van der Waals surface area contributed by atoms with Gasteiger partial charge >= 0.3 is 0 Å². The highest BCUT2D eigenvalue weighted by atomic mass is 19.1. The van der Waals surface area contributed by atoms with E-state index in [1.165, 1.54) is 0 Å². The second-order valence-electron chi connectivity index (χ2n) is 3.48. The zero-order chi connectivity index (χ0) is 9.54. The molecule has 0 aromatic heterocycles. The second-order valence-corrected chi connectivity index (χ2v) is 3.48. The van der Waals surface area contributed by atoms with Crippen LogP contribution >= 0.6 is 0 Å². The van der Waals surface area contributed by atoms with E-state index in [1.807, 2.05) is 6.07 Å². The topological polar surface area (TPSA) is 30.5 Å². The summed E-state index contributed by atoms with van der Waals surface area (Å²) in [5.74, 6) is 0.519. The third-order valence-electron chi connectivity index (χ3n) is 2.63. The molecule has 0 amide bonds. The number of fused-ring (bicyclic) bond motifs is 2. The Labute approximate surface area is 80.8 Å². The van der Waals surface area contributed by atoms with Gasteiger partial charge in [0.1, 0.15) is 0 Å². The molecule has 0 atom stereocenters. The number of hydrogen-bond donors (Lipinski definition) is 1. The Hall–Kier alpha value is -1.45. The molecule has 1 aromatic rings. The predicted molar refractivity (Wildman–Crippen MR) is 49.3 cm³/mol. The van der Waals surface area contributed by atoms with Crippen molar-refractivity contribution in [3.05, 3.63) is 17.4 Å². The van der Waals surface area contributed by atoms with Crippen LogP contribution in [0, 0.1) is 5.82 Å². The number of halogens is 1. The fourth-order valence-electron chi connectivity index (χ4n) is 1.93. The van der Waals surface area contributed by atoms with Gasteiger partial charge in [0.05, 0.1) is 0 Å². The first-order chi connectivity index (χ1) is 6.86. The Morgan fingerprint density at radius 2 is 2.29 bits per heavy atom. The predicted octanol–water partition coefficient (Wildman–Crippen LogP) is 1.91. The van der Waals surface area contributed by atoms with E-state index in [-0.39, 0.29) is 18.4 Å². The minimum absolute atomic E-state index is 0.120. The zero-order valence-corrected chi connectivity index (χ0v) is 7.60. The van der Waals surface area contributed by atoms with Crippen molar-refractivity contribution >= 4 is 5.69 Å². The van der Waals surface area contributed by atoms with Gasteiger partial charge in [-0.3, -0.25) is 0 Å². The van der Waals surface area contributed by atoms with Gasteiger partial charge in [0.25, 0.3) is 0 Å². The van der Waals surface area contributed by atoms with Crippen molar-refractivity contribution in [1.29, 1.82) is 0 Å². The molecule has 0 saturated heterocycles. The van der Waals surface area contributed by atoms with E-state index in [2.05, 4.69) is 5.32 Å². The summed E-state index contributed by atoms with van der Waals surface area (Å²) in [6.07, 6.45) is 1.73. The van der Waals surface area contributed by atoms with E-state index in [0.29, 0.717) is 5.75 Å². The quantitative estimate of drug-likeness (QED) is 0.686. The highest BCUT2D eigenvalue weighted by Gasteiger charge is 2.25. The molecule has 4 heteroatoms. The molecule has 0 fully saturated rings. The molecule has 1 aromatic carbocycles. The minimum atomic E-state index is -0.262. The van der Waals surface area contributed by atoms with Gasteiger partial charge in [-0.1, -0.05) is 0 Å². The third-order valence-corrected chi connectivity index (χ3v) is 2.63. The molecule has 2 aliphatic rings. The number of rotatable bonds is 0. The maximum Gasteiger partial charge on any atom is 0.231 e. The Morgan fingerprint density at radius 1 is 1.36 bits per heavy atom. The molecule has 0 saturated carbocycles. The maximum atomic E-state index is 13.8. The van der Waals surface area contributed by atoms with Crippen LogP contribution in [0.2, 0.25) is 0 Å². The van der Waals surface area contributed by atoms with Crippen LogP contribution < -0.4 is 14.8 Å². The van der Waals surface area contributed by atoms with Crippen LogP contribution in [0.4, 0.5) is 10.1 Å². The number of nitrogens with one attached hydrogen (secondary N) is 1. The van der Waals surface area contributed by atoms with E-state index >= 15 is 0 Å². The zero-order valence-electron chi connectivity index (χ0n) is 7.60. The van der Waals surface area contributed by atoms with E-state index < -0.39 is 0 Å². The van der Waals surface area contributed by atoms with Gasteiger partial charge in [-0.05, 0) is 12.8 Å². The van der Waals surface area contributed by atoms with Crippen LogP contribution in [0.15, 0.2) is 6.07 Å². The van der Waals surface area contributed by atoms with Gasteiger partial charge in [0, 0.05) is 23.9 Å². The lowest BCUT2D eigenvalue weighted by Crippen LogP contribution is -2.13. The molecule has 0 radical (unpaired) electrons. The largest absolute Gasteiger partial charge is 0.453 e. The average Bonchev–Trinajstić information content (AvgIpc) is 2.66. The van der Waals surface area contributed by atoms with Crippen LogP contribution in [-0.2, 0) is 6.42 Å². The minimum Gasteiger partial charge on any atom is -0.453 e. The molecular formula is C10H10FNO2. The van der Waals surface area contributed by atoms with Gasteiger partial charge in [-0.2, -0.15) is 0 Å². The van der Waals surface area contributed by atoms with Crippen LogP contribution in [-0.4, -0.2) is 13.3 Å². The molecule has 0 aliphatic carbocycles. The lowest BCUT2D eigenvalue weighted by Gasteiger charge is -2.18. The summed E-state index contributed by atoms with van der Waals surface area (Å²) in [6.45, 7) is 1.02. The van der Waals surface area contributed by atoms with E-state index in [4.69, 9.17) is 9.47 Å². The van der Waals surface area contributed by atoms with Crippen LogP contribution in [0.1, 0.15) is 12.0 Å². The molecule has 0 spiro atoms. The van der Waals surface area contributed by atoms with Gasteiger partial charge in [0.15, 0.2) is 11.6 Å². The Balaban J connectivity index is 2.20. The standard InChI is InChI=1S/C10H10FNO2/c11-9-6-2-1-3-12-7(6)4-8-10(9)14-5-13-8/h4,12H,1-3,5H2. The van der Waals surface area contributed by atoms with Crippen molar-refractivity contribution in [3.63, 3.8) is 0 Å². The van der Waals surface area contributed by atoms with E-state index in [9.17, 15) is 4.39 Å². The van der Waals surface area contributed by atoms with Gasteiger partial charge in [-0.25, -0.2) is 4.39 Å². The first-order valence-electron chi connectivity index (χ1n) is 4.71. The molecule has 0 bridgehead atoms. The number of anilines is 1. The number of ether oxygens (including phenoxy) is 2. The van der Waals surface area contributed by atoms with Gasteiger partial charge < -0.3 is 14.8 Å².